The van der Waals surface area contributed by atoms with E-state index in [4.69, 9.17) is 16.3 Å². The molecule has 0 radical (unpaired) electrons. The molecular weight excluding hydrogens is 327 g/mol. The number of hydrogen-bond donors (Lipinski definition) is 0. The summed E-state index contributed by atoms with van der Waals surface area (Å²) in [7, 11) is 1.43. The second-order valence-corrected chi connectivity index (χ2v) is 5.47. The predicted molar refractivity (Wildman–Crippen MR) is 91.3 cm³/mol. The highest BCUT2D eigenvalue weighted by atomic mass is 35.5. The van der Waals surface area contributed by atoms with Crippen LogP contribution in [0.5, 0.6) is 5.88 Å². The van der Waals surface area contributed by atoms with Crippen molar-refractivity contribution in [2.75, 3.05) is 7.11 Å². The maximum Gasteiger partial charge on any atom is 0.232 e. The molecule has 3 rings (SSSR count). The van der Waals surface area contributed by atoms with Gasteiger partial charge < -0.3 is 4.74 Å². The second kappa shape index (κ2) is 6.69. The van der Waals surface area contributed by atoms with Crippen LogP contribution < -0.4 is 4.74 Å². The first kappa shape index (κ1) is 16.0. The number of nitrogens with zero attached hydrogens (tertiary/aromatic N) is 2. The number of benzene rings is 2. The van der Waals surface area contributed by atoms with Gasteiger partial charge in [0.2, 0.25) is 5.88 Å². The normalized spacial score (nSPS) is 10.2. The van der Waals surface area contributed by atoms with Gasteiger partial charge in [0.05, 0.1) is 12.8 Å². The van der Waals surface area contributed by atoms with Gasteiger partial charge in [0.1, 0.15) is 17.4 Å². The van der Waals surface area contributed by atoms with Crippen molar-refractivity contribution in [2.45, 2.75) is 0 Å². The summed E-state index contributed by atoms with van der Waals surface area (Å²) in [6, 6.07) is 17.1. The summed E-state index contributed by atoms with van der Waals surface area (Å²) in [5.74, 6) is -0.257. The Hall–Kier alpha value is -2.90. The van der Waals surface area contributed by atoms with E-state index in [-0.39, 0.29) is 11.4 Å². The number of hydrogen-bond acceptors (Lipinski definition) is 3. The summed E-state index contributed by atoms with van der Waals surface area (Å²) in [5, 5.41) is 10.1. The number of nitriles is 1. The minimum atomic E-state index is -0.413. The molecule has 0 fully saturated rings. The molecule has 5 heteroatoms. The van der Waals surface area contributed by atoms with Crippen LogP contribution in [0.1, 0.15) is 5.56 Å². The summed E-state index contributed by atoms with van der Waals surface area (Å²) in [6.45, 7) is 0. The number of aromatic nitrogens is 1. The number of rotatable bonds is 3. The monoisotopic (exact) mass is 338 g/mol. The lowest BCUT2D eigenvalue weighted by molar-refractivity contribution is 0.397. The van der Waals surface area contributed by atoms with Crippen molar-refractivity contribution in [1.82, 2.24) is 4.98 Å². The highest BCUT2D eigenvalue weighted by Gasteiger charge is 2.17. The molecule has 0 unspecified atom stereocenters. The predicted octanol–water partition coefficient (Wildman–Crippen LogP) is 5.09. The van der Waals surface area contributed by atoms with Gasteiger partial charge in [0, 0.05) is 21.7 Å². The molecule has 0 aliphatic carbocycles. The van der Waals surface area contributed by atoms with Crippen molar-refractivity contribution < 1.29 is 9.13 Å². The maximum absolute atomic E-state index is 14.2. The molecule has 1 aromatic heterocycles. The molecule has 0 atom stereocenters. The topological polar surface area (TPSA) is 45.9 Å². The largest absolute Gasteiger partial charge is 0.480 e. The zero-order valence-corrected chi connectivity index (χ0v) is 13.5. The Bertz CT molecular complexity index is 933. The molecule has 24 heavy (non-hydrogen) atoms. The fraction of sp³-hybridized carbons (Fsp3) is 0.0526. The molecule has 0 saturated heterocycles. The zero-order chi connectivity index (χ0) is 17.1. The van der Waals surface area contributed by atoms with E-state index in [9.17, 15) is 9.65 Å². The molecule has 0 amide bonds. The van der Waals surface area contributed by atoms with Crippen LogP contribution in [-0.4, -0.2) is 12.1 Å². The Morgan fingerprint density at radius 3 is 2.42 bits per heavy atom. The van der Waals surface area contributed by atoms with Crippen molar-refractivity contribution in [3.05, 3.63) is 71.0 Å². The third-order valence-corrected chi connectivity index (χ3v) is 3.85. The average Bonchev–Trinajstić information content (AvgIpc) is 2.61. The Balaban J connectivity index is 2.28. The van der Waals surface area contributed by atoms with E-state index in [0.717, 1.165) is 5.56 Å². The Morgan fingerprint density at radius 2 is 1.79 bits per heavy atom. The van der Waals surface area contributed by atoms with E-state index < -0.39 is 5.82 Å². The number of methoxy groups -OCH3 is 1. The van der Waals surface area contributed by atoms with Crippen LogP contribution in [0.3, 0.4) is 0 Å². The second-order valence-electron chi connectivity index (χ2n) is 5.04. The Labute approximate surface area is 143 Å². The van der Waals surface area contributed by atoms with Gasteiger partial charge in [-0.1, -0.05) is 41.9 Å². The lowest BCUT2D eigenvalue weighted by atomic mass is 9.98. The van der Waals surface area contributed by atoms with Gasteiger partial charge in [0.25, 0.3) is 0 Å². The lowest BCUT2D eigenvalue weighted by Crippen LogP contribution is -1.98. The first-order valence-corrected chi connectivity index (χ1v) is 7.52. The first-order valence-electron chi connectivity index (χ1n) is 7.14. The molecule has 2 aromatic carbocycles. The number of pyridine rings is 1. The van der Waals surface area contributed by atoms with E-state index in [1.165, 1.54) is 13.2 Å². The smallest absolute Gasteiger partial charge is 0.232 e. The van der Waals surface area contributed by atoms with Gasteiger partial charge in [0.15, 0.2) is 0 Å². The SMILES string of the molecule is COc1nc(-c2ccc(Cl)cc2)cc(-c2ccccc2F)c1C#N. The van der Waals surface area contributed by atoms with Gasteiger partial charge in [-0.05, 0) is 24.3 Å². The molecular formula is C19H12ClFN2O. The van der Waals surface area contributed by atoms with Crippen molar-refractivity contribution in [3.63, 3.8) is 0 Å². The van der Waals surface area contributed by atoms with Crippen LogP contribution >= 0.6 is 11.6 Å². The van der Waals surface area contributed by atoms with Crippen LogP contribution in [0, 0.1) is 17.1 Å². The average molecular weight is 339 g/mol. The van der Waals surface area contributed by atoms with Gasteiger partial charge in [-0.15, -0.1) is 0 Å². The summed E-state index contributed by atoms with van der Waals surface area (Å²) >= 11 is 5.92. The molecule has 3 aromatic rings. The standard InChI is InChI=1S/C19H12ClFN2O/c1-24-19-16(11-22)15(14-4-2-3-5-17(14)21)10-18(23-19)12-6-8-13(20)9-7-12/h2-10H,1H3. The molecule has 0 N–H and O–H groups in total. The molecule has 0 spiro atoms. The summed E-state index contributed by atoms with van der Waals surface area (Å²) in [5.41, 5.74) is 2.32. The highest BCUT2D eigenvalue weighted by Crippen LogP contribution is 2.34. The van der Waals surface area contributed by atoms with Gasteiger partial charge in [-0.25, -0.2) is 9.37 Å². The minimum absolute atomic E-state index is 0.156. The number of halogens is 2. The minimum Gasteiger partial charge on any atom is -0.480 e. The quantitative estimate of drug-likeness (QED) is 0.668. The molecule has 1 heterocycles. The van der Waals surface area contributed by atoms with Gasteiger partial charge in [-0.3, -0.25) is 0 Å². The third kappa shape index (κ3) is 2.94. The Kier molecular flexibility index (Phi) is 4.45. The molecule has 3 nitrogen and oxygen atoms in total. The van der Waals surface area contributed by atoms with Crippen molar-refractivity contribution >= 4 is 11.6 Å². The van der Waals surface area contributed by atoms with Gasteiger partial charge >= 0.3 is 0 Å². The number of ether oxygens (including phenoxy) is 1. The fourth-order valence-corrected chi connectivity index (χ4v) is 2.56. The van der Waals surface area contributed by atoms with Crippen LogP contribution in [0.25, 0.3) is 22.4 Å². The fourth-order valence-electron chi connectivity index (χ4n) is 2.44. The van der Waals surface area contributed by atoms with Crippen LogP contribution in [0.4, 0.5) is 4.39 Å². The summed E-state index contributed by atoms with van der Waals surface area (Å²) in [6.07, 6.45) is 0. The molecule has 0 bridgehead atoms. The molecule has 0 aliphatic rings. The van der Waals surface area contributed by atoms with E-state index >= 15 is 0 Å². The van der Waals surface area contributed by atoms with Crippen LogP contribution in [0.15, 0.2) is 54.6 Å². The van der Waals surface area contributed by atoms with Crippen molar-refractivity contribution in [1.29, 1.82) is 5.26 Å². The molecule has 118 valence electrons. The Morgan fingerprint density at radius 1 is 1.08 bits per heavy atom. The molecule has 0 aliphatic heterocycles. The van der Waals surface area contributed by atoms with E-state index in [0.29, 0.717) is 21.8 Å². The molecule has 0 saturated carbocycles. The van der Waals surface area contributed by atoms with Crippen molar-refractivity contribution in [3.8, 4) is 34.3 Å². The highest BCUT2D eigenvalue weighted by molar-refractivity contribution is 6.30. The summed E-state index contributed by atoms with van der Waals surface area (Å²) < 4.78 is 19.5. The van der Waals surface area contributed by atoms with Crippen molar-refractivity contribution in [2.24, 2.45) is 0 Å². The summed E-state index contributed by atoms with van der Waals surface area (Å²) in [4.78, 5) is 4.37. The van der Waals surface area contributed by atoms with Gasteiger partial charge in [-0.2, -0.15) is 5.26 Å². The van der Waals surface area contributed by atoms with E-state index in [1.807, 2.05) is 0 Å². The van der Waals surface area contributed by atoms with Crippen LogP contribution in [-0.2, 0) is 0 Å². The zero-order valence-electron chi connectivity index (χ0n) is 12.8. The van der Waals surface area contributed by atoms with E-state index in [1.54, 1.807) is 48.5 Å². The lowest BCUT2D eigenvalue weighted by Gasteiger charge is -2.12. The van der Waals surface area contributed by atoms with E-state index in [2.05, 4.69) is 11.1 Å². The van der Waals surface area contributed by atoms with Crippen LogP contribution in [0.2, 0.25) is 5.02 Å². The maximum atomic E-state index is 14.2. The first-order chi connectivity index (χ1) is 11.6. The third-order valence-electron chi connectivity index (χ3n) is 3.60.